The number of imide groups is 2. The second kappa shape index (κ2) is 12.5. The van der Waals surface area contributed by atoms with Crippen molar-refractivity contribution in [2.75, 3.05) is 9.80 Å². The van der Waals surface area contributed by atoms with Crippen LogP contribution < -0.4 is 19.3 Å². The fraction of sp³-hybridized carbons (Fsp3) is 0.0571. The zero-order valence-corrected chi connectivity index (χ0v) is 24.9. The summed E-state index contributed by atoms with van der Waals surface area (Å²) in [7, 11) is 0. The van der Waals surface area contributed by atoms with Gasteiger partial charge >= 0.3 is 12.4 Å². The number of nitrogens with zero attached hydrogens (tertiary/aromatic N) is 2. The van der Waals surface area contributed by atoms with Gasteiger partial charge in [0.15, 0.2) is 5.78 Å². The van der Waals surface area contributed by atoms with E-state index in [1.165, 1.54) is 60.7 Å². The van der Waals surface area contributed by atoms with E-state index >= 15 is 0 Å². The summed E-state index contributed by atoms with van der Waals surface area (Å²) in [5, 5.41) is 0. The van der Waals surface area contributed by atoms with Crippen LogP contribution >= 0.6 is 0 Å². The van der Waals surface area contributed by atoms with Crippen LogP contribution in [0, 0.1) is 0 Å². The van der Waals surface area contributed by atoms with Crippen LogP contribution in [0.1, 0.15) is 27.0 Å². The highest BCUT2D eigenvalue weighted by atomic mass is 19.4. The highest BCUT2D eigenvalue weighted by molar-refractivity contribution is 6.29. The van der Waals surface area contributed by atoms with Crippen molar-refractivity contribution in [3.8, 4) is 23.0 Å². The van der Waals surface area contributed by atoms with Gasteiger partial charge in [0.1, 0.15) is 34.1 Å². The number of hydrogen-bond donors (Lipinski definition) is 0. The lowest BCUT2D eigenvalue weighted by atomic mass is 10.0. The number of anilines is 2. The molecule has 6 rings (SSSR count). The van der Waals surface area contributed by atoms with E-state index in [-0.39, 0.29) is 22.6 Å². The van der Waals surface area contributed by atoms with Gasteiger partial charge in [-0.1, -0.05) is 12.1 Å². The molecule has 0 atom stereocenters. The van der Waals surface area contributed by atoms with Crippen LogP contribution in [-0.2, 0) is 31.5 Å². The van der Waals surface area contributed by atoms with Crippen LogP contribution in [0.5, 0.6) is 23.0 Å². The molecule has 0 spiro atoms. The molecule has 9 nitrogen and oxygen atoms in total. The molecule has 0 aliphatic carbocycles. The second-order valence-corrected chi connectivity index (χ2v) is 10.6. The van der Waals surface area contributed by atoms with Gasteiger partial charge in [-0.15, -0.1) is 0 Å². The molecule has 0 aromatic heterocycles. The molecule has 4 amide bonds. The Labute approximate surface area is 277 Å². The molecule has 2 heterocycles. The molecular weight excluding hydrogens is 674 g/mol. The van der Waals surface area contributed by atoms with Gasteiger partial charge in [-0.05, 0) is 72.8 Å². The monoisotopic (exact) mass is 692 g/mol. The predicted octanol–water partition coefficient (Wildman–Crippen LogP) is 7.40. The lowest BCUT2D eigenvalue weighted by Gasteiger charge is -2.22. The largest absolute Gasteiger partial charge is 0.457 e. The number of ether oxygens (including phenoxy) is 2. The number of carbonyl (C=O) groups is 5. The highest BCUT2D eigenvalue weighted by Gasteiger charge is 2.43. The summed E-state index contributed by atoms with van der Waals surface area (Å²) in [6.45, 7) is 0. The number of hydrogen-bond acceptors (Lipinski definition) is 7. The van der Waals surface area contributed by atoms with E-state index in [1.807, 2.05) is 0 Å². The van der Waals surface area contributed by atoms with Gasteiger partial charge in [0.05, 0.1) is 11.4 Å². The SMILES string of the molecule is O=C(c1ccc(Oc2cccc(N3C(=O)C=CC3=O)c2C(F)(F)F)cc1)c1ccc(Oc2cccc(N3C(=O)C=CC3=O)c2C(F)(F)F)cc1. The van der Waals surface area contributed by atoms with Gasteiger partial charge in [-0.25, -0.2) is 9.80 Å². The van der Waals surface area contributed by atoms with E-state index in [2.05, 4.69) is 0 Å². The second-order valence-electron chi connectivity index (χ2n) is 10.6. The third-order valence-electron chi connectivity index (χ3n) is 7.36. The number of amides is 4. The first-order valence-electron chi connectivity index (χ1n) is 14.3. The van der Waals surface area contributed by atoms with Crippen LogP contribution in [0.15, 0.2) is 109 Å². The van der Waals surface area contributed by atoms with E-state index in [4.69, 9.17) is 9.47 Å². The van der Waals surface area contributed by atoms with Crippen molar-refractivity contribution in [2.45, 2.75) is 12.4 Å². The quantitative estimate of drug-likeness (QED) is 0.108. The smallest absolute Gasteiger partial charge is 0.422 e. The molecule has 4 aromatic carbocycles. The topological polar surface area (TPSA) is 110 Å². The first kappa shape index (κ1) is 33.4. The molecule has 0 unspecified atom stereocenters. The van der Waals surface area contributed by atoms with Crippen molar-refractivity contribution in [3.05, 3.63) is 131 Å². The normalized spacial score (nSPS) is 14.6. The molecule has 0 fully saturated rings. The van der Waals surface area contributed by atoms with Crippen molar-refractivity contribution >= 4 is 40.8 Å². The molecule has 50 heavy (non-hydrogen) atoms. The fourth-order valence-corrected chi connectivity index (χ4v) is 5.20. The molecule has 2 aliphatic heterocycles. The summed E-state index contributed by atoms with van der Waals surface area (Å²) in [5.74, 6) is -5.99. The molecule has 2 aliphatic rings. The minimum atomic E-state index is -5.03. The summed E-state index contributed by atoms with van der Waals surface area (Å²) in [6, 6.07) is 16.3. The van der Waals surface area contributed by atoms with Gasteiger partial charge in [-0.3, -0.25) is 24.0 Å². The minimum absolute atomic E-state index is 0.0794. The summed E-state index contributed by atoms with van der Waals surface area (Å²) in [6.07, 6.45) is -6.68. The molecule has 0 radical (unpaired) electrons. The zero-order chi connectivity index (χ0) is 36.0. The number of carbonyl (C=O) groups excluding carboxylic acids is 5. The van der Waals surface area contributed by atoms with Gasteiger partial charge in [-0.2, -0.15) is 26.3 Å². The van der Waals surface area contributed by atoms with Crippen LogP contribution in [0.2, 0.25) is 0 Å². The first-order valence-corrected chi connectivity index (χ1v) is 14.3. The van der Waals surface area contributed by atoms with Crippen molar-refractivity contribution in [1.29, 1.82) is 0 Å². The highest BCUT2D eigenvalue weighted by Crippen LogP contribution is 2.46. The Morgan fingerprint density at radius 1 is 0.480 bits per heavy atom. The van der Waals surface area contributed by atoms with E-state index in [9.17, 15) is 50.3 Å². The molecule has 0 N–H and O–H groups in total. The van der Waals surface area contributed by atoms with Gasteiger partial charge in [0.2, 0.25) is 0 Å². The van der Waals surface area contributed by atoms with Crippen LogP contribution in [0.25, 0.3) is 0 Å². The maximum absolute atomic E-state index is 14.1. The maximum Gasteiger partial charge on any atom is 0.422 e. The number of alkyl halides is 6. The van der Waals surface area contributed by atoms with E-state index < -0.39 is 75.8 Å². The van der Waals surface area contributed by atoms with Crippen molar-refractivity contribution < 1.29 is 59.8 Å². The Morgan fingerprint density at radius 2 is 0.800 bits per heavy atom. The summed E-state index contributed by atoms with van der Waals surface area (Å²) >= 11 is 0. The summed E-state index contributed by atoms with van der Waals surface area (Å²) in [4.78, 5) is 62.2. The van der Waals surface area contributed by atoms with Crippen molar-refractivity contribution in [2.24, 2.45) is 0 Å². The molecule has 4 aromatic rings. The molecular formula is C35H18F6N2O7. The molecule has 0 saturated carbocycles. The maximum atomic E-state index is 14.1. The Hall–Kier alpha value is -6.51. The Balaban J connectivity index is 1.20. The molecule has 252 valence electrons. The molecule has 0 saturated heterocycles. The Morgan fingerprint density at radius 3 is 1.10 bits per heavy atom. The number of ketones is 1. The molecule has 15 heteroatoms. The number of rotatable bonds is 8. The van der Waals surface area contributed by atoms with E-state index in [0.717, 1.165) is 48.6 Å². The predicted molar refractivity (Wildman–Crippen MR) is 163 cm³/mol. The minimum Gasteiger partial charge on any atom is -0.457 e. The third-order valence-corrected chi connectivity index (χ3v) is 7.36. The fourth-order valence-electron chi connectivity index (χ4n) is 5.20. The molecule has 0 bridgehead atoms. The van der Waals surface area contributed by atoms with Crippen LogP contribution in [0.3, 0.4) is 0 Å². The first-order chi connectivity index (χ1) is 23.6. The zero-order valence-electron chi connectivity index (χ0n) is 24.9. The van der Waals surface area contributed by atoms with Gasteiger partial charge in [0.25, 0.3) is 23.6 Å². The average molecular weight is 693 g/mol. The van der Waals surface area contributed by atoms with Crippen molar-refractivity contribution in [1.82, 2.24) is 0 Å². The van der Waals surface area contributed by atoms with Gasteiger partial charge in [0, 0.05) is 35.4 Å². The van der Waals surface area contributed by atoms with E-state index in [0.29, 0.717) is 9.80 Å². The van der Waals surface area contributed by atoms with Crippen LogP contribution in [0.4, 0.5) is 37.7 Å². The summed E-state index contributed by atoms with van der Waals surface area (Å²) in [5.41, 5.74) is -4.00. The third kappa shape index (κ3) is 6.35. The lowest BCUT2D eigenvalue weighted by Crippen LogP contribution is -2.31. The Bertz CT molecular complexity index is 1950. The average Bonchev–Trinajstić information content (AvgIpc) is 3.58. The Kier molecular flexibility index (Phi) is 8.35. The number of benzene rings is 4. The number of halogens is 6. The lowest BCUT2D eigenvalue weighted by molar-refractivity contribution is -0.139. The van der Waals surface area contributed by atoms with E-state index in [1.54, 1.807) is 0 Å². The summed E-state index contributed by atoms with van der Waals surface area (Å²) < 4.78 is 95.7. The standard InChI is InChI=1S/C35H18F6N2O7/c36-34(37,38)31-23(42-27(44)15-16-28(42)45)3-1-5-25(31)49-21-11-7-19(8-12-21)33(48)20-9-13-22(14-10-20)50-26-6-2-4-24(32(26)35(39,40)41)43-29(46)17-18-30(43)47/h1-18H. The van der Waals surface area contributed by atoms with Gasteiger partial charge < -0.3 is 9.47 Å². The van der Waals surface area contributed by atoms with Crippen LogP contribution in [-0.4, -0.2) is 29.4 Å². The van der Waals surface area contributed by atoms with Crippen molar-refractivity contribution in [3.63, 3.8) is 0 Å².